The molecule has 2 aromatic rings. The monoisotopic (exact) mass is 370 g/mol. The van der Waals surface area contributed by atoms with E-state index in [4.69, 9.17) is 4.84 Å². The zero-order valence-electron chi connectivity index (χ0n) is 14.3. The Kier molecular flexibility index (Phi) is 5.36. The molecule has 1 unspecified atom stereocenters. The van der Waals surface area contributed by atoms with E-state index in [1.54, 1.807) is 19.1 Å². The van der Waals surface area contributed by atoms with E-state index in [0.717, 1.165) is 4.90 Å². The van der Waals surface area contributed by atoms with Crippen LogP contribution in [0.3, 0.4) is 0 Å². The van der Waals surface area contributed by atoms with Crippen LogP contribution in [0.5, 0.6) is 0 Å². The number of nitrogens with one attached hydrogen (secondary N) is 1. The van der Waals surface area contributed by atoms with Crippen molar-refractivity contribution in [2.24, 2.45) is 10.3 Å². The smallest absolute Gasteiger partial charge is 0.282 e. The van der Waals surface area contributed by atoms with Crippen molar-refractivity contribution in [3.63, 3.8) is 0 Å². The van der Waals surface area contributed by atoms with Crippen LogP contribution in [-0.4, -0.2) is 34.5 Å². The summed E-state index contributed by atoms with van der Waals surface area (Å²) in [6.45, 7) is 1.60. The molecule has 0 bridgehead atoms. The SMILES string of the molecule is CON=C(C)C1(NO)C(=O)N(c2ccccc2)N=C1Sc1ccccc1. The number of benzene rings is 2. The van der Waals surface area contributed by atoms with Crippen LogP contribution in [0.1, 0.15) is 6.92 Å². The second kappa shape index (κ2) is 7.69. The van der Waals surface area contributed by atoms with E-state index in [-0.39, 0.29) is 5.71 Å². The molecule has 2 aromatic carbocycles. The van der Waals surface area contributed by atoms with Crippen LogP contribution < -0.4 is 10.5 Å². The minimum absolute atomic E-state index is 0.244. The third-order valence-corrected chi connectivity index (χ3v) is 5.01. The number of thioether (sulfide) groups is 1. The van der Waals surface area contributed by atoms with Gasteiger partial charge >= 0.3 is 0 Å². The van der Waals surface area contributed by atoms with Crippen LogP contribution in [0.4, 0.5) is 5.69 Å². The number of hydroxylamine groups is 1. The number of anilines is 1. The molecule has 8 heteroatoms. The van der Waals surface area contributed by atoms with Crippen LogP contribution >= 0.6 is 11.8 Å². The summed E-state index contributed by atoms with van der Waals surface area (Å²) < 4.78 is 0. The first-order chi connectivity index (χ1) is 12.6. The third-order valence-electron chi connectivity index (χ3n) is 3.92. The molecular formula is C18H18N4O3S. The molecule has 1 aliphatic rings. The van der Waals surface area contributed by atoms with Crippen LogP contribution in [0.2, 0.25) is 0 Å². The second-order valence-corrected chi connectivity index (χ2v) is 6.56. The number of amides is 1. The highest BCUT2D eigenvalue weighted by molar-refractivity contribution is 8.14. The molecule has 1 atom stereocenters. The average Bonchev–Trinajstić information content (AvgIpc) is 2.96. The molecule has 0 aromatic heterocycles. The zero-order valence-corrected chi connectivity index (χ0v) is 15.1. The Balaban J connectivity index is 2.10. The Bertz CT molecular complexity index is 842. The normalized spacial score (nSPS) is 20.3. The van der Waals surface area contributed by atoms with Crippen molar-refractivity contribution < 1.29 is 14.8 Å². The summed E-state index contributed by atoms with van der Waals surface area (Å²) in [4.78, 5) is 18.9. The summed E-state index contributed by atoms with van der Waals surface area (Å²) in [5, 5.41) is 19.9. The fourth-order valence-electron chi connectivity index (χ4n) is 2.59. The highest BCUT2D eigenvalue weighted by atomic mass is 32.2. The molecule has 0 saturated carbocycles. The van der Waals surface area contributed by atoms with Crippen molar-refractivity contribution in [2.75, 3.05) is 12.1 Å². The molecule has 134 valence electrons. The molecule has 0 spiro atoms. The van der Waals surface area contributed by atoms with E-state index in [1.165, 1.54) is 23.9 Å². The summed E-state index contributed by atoms with van der Waals surface area (Å²) in [5.74, 6) is -0.470. The van der Waals surface area contributed by atoms with Crippen LogP contribution in [0.15, 0.2) is 75.8 Å². The fourth-order valence-corrected chi connectivity index (χ4v) is 3.67. The fraction of sp³-hybridized carbons (Fsp3) is 0.167. The molecule has 2 N–H and O–H groups in total. The predicted molar refractivity (Wildman–Crippen MR) is 101 cm³/mol. The Labute approximate surface area is 155 Å². The van der Waals surface area contributed by atoms with Gasteiger partial charge in [-0.3, -0.25) is 4.79 Å². The summed E-state index contributed by atoms with van der Waals surface area (Å²) in [6, 6.07) is 18.5. The molecule has 26 heavy (non-hydrogen) atoms. The van der Waals surface area contributed by atoms with Gasteiger partial charge in [-0.05, 0) is 31.2 Å². The van der Waals surface area contributed by atoms with Crippen molar-refractivity contribution in [1.29, 1.82) is 0 Å². The van der Waals surface area contributed by atoms with Gasteiger partial charge in [0.2, 0.25) is 5.54 Å². The first-order valence-electron chi connectivity index (χ1n) is 7.84. The molecular weight excluding hydrogens is 352 g/mol. The van der Waals surface area contributed by atoms with E-state index in [0.29, 0.717) is 10.7 Å². The zero-order chi connectivity index (χ0) is 18.6. The largest absolute Gasteiger partial charge is 0.399 e. The molecule has 7 nitrogen and oxygen atoms in total. The van der Waals surface area contributed by atoms with Gasteiger partial charge in [-0.1, -0.05) is 53.3 Å². The van der Waals surface area contributed by atoms with E-state index in [1.807, 2.05) is 48.5 Å². The lowest BCUT2D eigenvalue weighted by Crippen LogP contribution is -2.61. The van der Waals surface area contributed by atoms with Crippen LogP contribution in [0.25, 0.3) is 0 Å². The molecule has 1 amide bonds. The Morgan fingerprint density at radius 2 is 1.81 bits per heavy atom. The molecule has 0 saturated heterocycles. The first-order valence-corrected chi connectivity index (χ1v) is 8.66. The molecule has 1 heterocycles. The Morgan fingerprint density at radius 3 is 2.38 bits per heavy atom. The summed E-state index contributed by atoms with van der Waals surface area (Å²) in [6.07, 6.45) is 0. The van der Waals surface area contributed by atoms with Gasteiger partial charge in [0, 0.05) is 4.90 Å². The standard InChI is InChI=1S/C18H18N4O3S/c1-13(20-25-2)18(21-24)16(26-15-11-7-4-8-12-15)19-22(17(18)23)14-9-5-3-6-10-14/h3-12,21,24H,1-2H3. The maximum absolute atomic E-state index is 13.2. The predicted octanol–water partition coefficient (Wildman–Crippen LogP) is 2.88. The summed E-state index contributed by atoms with van der Waals surface area (Å²) >= 11 is 1.27. The maximum Gasteiger partial charge on any atom is 0.282 e. The quantitative estimate of drug-likeness (QED) is 0.624. The summed E-state index contributed by atoms with van der Waals surface area (Å²) in [5.41, 5.74) is 1.34. The third kappa shape index (κ3) is 3.10. The lowest BCUT2D eigenvalue weighted by Gasteiger charge is -2.26. The number of hydrogen-bond donors (Lipinski definition) is 2. The Morgan fingerprint density at radius 1 is 1.19 bits per heavy atom. The topological polar surface area (TPSA) is 86.5 Å². The van der Waals surface area contributed by atoms with E-state index < -0.39 is 11.4 Å². The highest BCUT2D eigenvalue weighted by Gasteiger charge is 2.55. The maximum atomic E-state index is 13.2. The average molecular weight is 370 g/mol. The Hall–Kier alpha value is -2.68. The number of para-hydroxylation sites is 1. The molecule has 1 aliphatic heterocycles. The number of hydrogen-bond acceptors (Lipinski definition) is 7. The molecule has 0 aliphatic carbocycles. The molecule has 0 radical (unpaired) electrons. The van der Waals surface area contributed by atoms with Crippen molar-refractivity contribution in [1.82, 2.24) is 5.48 Å². The lowest BCUT2D eigenvalue weighted by atomic mass is 9.96. The number of rotatable bonds is 5. The minimum atomic E-state index is -1.62. The number of oxime groups is 1. The number of nitrogens with zero attached hydrogens (tertiary/aromatic N) is 3. The van der Waals surface area contributed by atoms with Gasteiger partial charge in [-0.15, -0.1) is 0 Å². The van der Waals surface area contributed by atoms with Gasteiger partial charge in [-0.2, -0.15) is 15.6 Å². The molecule has 3 rings (SSSR count). The number of carbonyl (C=O) groups is 1. The van der Waals surface area contributed by atoms with Crippen molar-refractivity contribution in [2.45, 2.75) is 17.4 Å². The van der Waals surface area contributed by atoms with Crippen molar-refractivity contribution in [3.05, 3.63) is 60.7 Å². The van der Waals surface area contributed by atoms with Crippen molar-refractivity contribution >= 4 is 34.1 Å². The van der Waals surface area contributed by atoms with Crippen LogP contribution in [0, 0.1) is 0 Å². The van der Waals surface area contributed by atoms with Crippen LogP contribution in [-0.2, 0) is 9.63 Å². The van der Waals surface area contributed by atoms with Gasteiger partial charge in [0.1, 0.15) is 12.2 Å². The van der Waals surface area contributed by atoms with Gasteiger partial charge in [0.15, 0.2) is 0 Å². The summed E-state index contributed by atoms with van der Waals surface area (Å²) in [7, 11) is 1.38. The van der Waals surface area contributed by atoms with Gasteiger partial charge < -0.3 is 10.0 Å². The lowest BCUT2D eigenvalue weighted by molar-refractivity contribution is -0.122. The first kappa shape index (κ1) is 18.1. The van der Waals surface area contributed by atoms with E-state index >= 15 is 0 Å². The van der Waals surface area contributed by atoms with Gasteiger partial charge in [0.25, 0.3) is 5.91 Å². The highest BCUT2D eigenvalue weighted by Crippen LogP contribution is 2.35. The van der Waals surface area contributed by atoms with Gasteiger partial charge in [-0.25, -0.2) is 0 Å². The van der Waals surface area contributed by atoms with Crippen molar-refractivity contribution in [3.8, 4) is 0 Å². The van der Waals surface area contributed by atoms with E-state index in [9.17, 15) is 10.0 Å². The number of hydrazone groups is 1. The minimum Gasteiger partial charge on any atom is -0.399 e. The number of carbonyl (C=O) groups excluding carboxylic acids is 1. The van der Waals surface area contributed by atoms with Gasteiger partial charge in [0.05, 0.1) is 11.4 Å². The second-order valence-electron chi connectivity index (χ2n) is 5.49. The van der Waals surface area contributed by atoms with E-state index in [2.05, 4.69) is 15.7 Å². The molecule has 0 fully saturated rings.